The van der Waals surface area contributed by atoms with Gasteiger partial charge in [-0.05, 0) is 72.1 Å². The lowest BCUT2D eigenvalue weighted by molar-refractivity contribution is -0.170. The van der Waals surface area contributed by atoms with Crippen molar-refractivity contribution in [3.8, 4) is 5.75 Å². The number of ether oxygens (including phenoxy) is 2. The van der Waals surface area contributed by atoms with Crippen LogP contribution in [0.15, 0.2) is 18.2 Å². The van der Waals surface area contributed by atoms with E-state index in [2.05, 4.69) is 10.1 Å². The predicted octanol–water partition coefficient (Wildman–Crippen LogP) is 0.682. The highest BCUT2D eigenvalue weighted by Crippen LogP contribution is 2.62. The number of rotatable bonds is 9. The first kappa shape index (κ1) is 27.8. The maximum Gasteiger partial charge on any atom is 0.345 e. The Hall–Kier alpha value is -3.22. The van der Waals surface area contributed by atoms with Crippen molar-refractivity contribution < 1.29 is 54.2 Å². The summed E-state index contributed by atoms with van der Waals surface area (Å²) in [5.74, 6) is -4.39. The monoisotopic (exact) mass is 535 g/mol. The fourth-order valence-electron chi connectivity index (χ4n) is 6.72. The van der Waals surface area contributed by atoms with E-state index in [4.69, 9.17) is 14.9 Å². The van der Waals surface area contributed by atoms with Crippen molar-refractivity contribution in [2.24, 2.45) is 17.3 Å². The molecule has 3 aliphatic rings. The van der Waals surface area contributed by atoms with Gasteiger partial charge in [0, 0.05) is 0 Å². The summed E-state index contributed by atoms with van der Waals surface area (Å²) in [4.78, 5) is 46.3. The Morgan fingerprint density at radius 1 is 1.11 bits per heavy atom. The number of aliphatic hydroxyl groups is 2. The number of phenolic OH excluding ortho intramolecular Hbond substituents is 1. The van der Waals surface area contributed by atoms with Gasteiger partial charge in [0.25, 0.3) is 0 Å². The summed E-state index contributed by atoms with van der Waals surface area (Å²) in [5.41, 5.74) is 1.35. The zero-order valence-corrected chi connectivity index (χ0v) is 20.9. The van der Waals surface area contributed by atoms with Crippen LogP contribution in [-0.4, -0.2) is 80.9 Å². The third kappa shape index (κ3) is 5.47. The normalized spacial score (nSPS) is 32.3. The number of carboxylic acids is 2. The Kier molecular flexibility index (Phi) is 7.96. The highest BCUT2D eigenvalue weighted by molar-refractivity contribution is 5.83. The molecule has 0 heterocycles. The molecule has 3 aliphatic carbocycles. The van der Waals surface area contributed by atoms with E-state index in [1.54, 1.807) is 12.1 Å². The quantitative estimate of drug-likeness (QED) is 0.243. The number of phenols is 1. The first-order valence-corrected chi connectivity index (χ1v) is 12.6. The van der Waals surface area contributed by atoms with E-state index in [0.717, 1.165) is 24.0 Å². The molecule has 0 radical (unpaired) electrons. The summed E-state index contributed by atoms with van der Waals surface area (Å²) in [7, 11) is 0. The minimum atomic E-state index is -1.87. The number of hydrogen-bond donors (Lipinski definition) is 6. The minimum absolute atomic E-state index is 0.0478. The third-order valence-corrected chi connectivity index (χ3v) is 8.46. The fraction of sp³-hybridized carbons (Fsp3) is 0.615. The summed E-state index contributed by atoms with van der Waals surface area (Å²) in [6.45, 7) is 0.718. The number of aromatic hydroxyl groups is 1. The number of nitrogens with one attached hydrogen (secondary N) is 1. The van der Waals surface area contributed by atoms with Gasteiger partial charge in [-0.2, -0.15) is 0 Å². The highest BCUT2D eigenvalue weighted by atomic mass is 16.6. The zero-order chi connectivity index (χ0) is 27.8. The van der Waals surface area contributed by atoms with Crippen LogP contribution in [0.5, 0.6) is 5.75 Å². The van der Waals surface area contributed by atoms with E-state index in [0.29, 0.717) is 12.8 Å². The summed E-state index contributed by atoms with van der Waals surface area (Å²) < 4.78 is 9.67. The van der Waals surface area contributed by atoms with Gasteiger partial charge in [-0.15, -0.1) is 0 Å². The average Bonchev–Trinajstić information content (AvgIpc) is 3.07. The van der Waals surface area contributed by atoms with Crippen LogP contribution >= 0.6 is 0 Å². The lowest BCUT2D eigenvalue weighted by atomic mass is 9.54. The molecule has 1 amide bonds. The van der Waals surface area contributed by atoms with Crippen molar-refractivity contribution >= 4 is 23.8 Å². The van der Waals surface area contributed by atoms with Crippen LogP contribution in [-0.2, 0) is 28.7 Å². The molecule has 12 heteroatoms. The van der Waals surface area contributed by atoms with Crippen molar-refractivity contribution in [2.45, 2.75) is 69.3 Å². The number of fused-ring (bicyclic) bond motifs is 5. The number of esters is 1. The molecule has 38 heavy (non-hydrogen) atoms. The van der Waals surface area contributed by atoms with Crippen molar-refractivity contribution in [3.05, 3.63) is 29.3 Å². The number of aliphatic carboxylic acids is 2. The number of carbonyl (C=O) groups excluding carboxylic acids is 2. The van der Waals surface area contributed by atoms with Gasteiger partial charge >= 0.3 is 17.9 Å². The molecule has 12 nitrogen and oxygen atoms in total. The summed E-state index contributed by atoms with van der Waals surface area (Å²) in [5, 5.41) is 51.8. The molecule has 0 bridgehead atoms. The van der Waals surface area contributed by atoms with E-state index in [1.807, 2.05) is 13.0 Å². The maximum atomic E-state index is 12.7. The Morgan fingerprint density at radius 2 is 1.84 bits per heavy atom. The summed E-state index contributed by atoms with van der Waals surface area (Å²) >= 11 is 0. The number of carbonyl (C=O) groups is 4. The Balaban J connectivity index is 1.41. The molecule has 4 rings (SSSR count). The van der Waals surface area contributed by atoms with E-state index >= 15 is 0 Å². The standard InChI is InChI=1S/C26H33NO11/c1-26-5-4-14-13-3-2-12(28)6-16(13)18(7-15(14)17(26)8-19(29)24(26)34)27-21(30)10-37-11-23(33)38-20(25(35)36)9-22(31)32/h2-3,6,14-15,17-20,24,28-29,34H,4-5,7-11H2,1H3,(H,27,30)(H,31,32)(H,35,36)/t14-,15-,17+,18+,19-,20?,24+,26+/m1/s1. The largest absolute Gasteiger partial charge is 0.508 e. The van der Waals surface area contributed by atoms with Crippen LogP contribution in [0.25, 0.3) is 0 Å². The summed E-state index contributed by atoms with van der Waals surface area (Å²) in [6, 6.07) is 4.60. The zero-order valence-electron chi connectivity index (χ0n) is 20.9. The molecular formula is C26H33NO11. The number of aliphatic hydroxyl groups excluding tert-OH is 2. The second-order valence-electron chi connectivity index (χ2n) is 10.7. The van der Waals surface area contributed by atoms with Crippen LogP contribution in [0.1, 0.15) is 62.1 Å². The Bertz CT molecular complexity index is 1110. The topological polar surface area (TPSA) is 200 Å². The smallest absolute Gasteiger partial charge is 0.345 e. The van der Waals surface area contributed by atoms with E-state index in [1.165, 1.54) is 0 Å². The second-order valence-corrected chi connectivity index (χ2v) is 10.7. The minimum Gasteiger partial charge on any atom is -0.508 e. The first-order chi connectivity index (χ1) is 17.9. The lowest BCUT2D eigenvalue weighted by Crippen LogP contribution is -2.47. The molecule has 0 saturated heterocycles. The van der Waals surface area contributed by atoms with Gasteiger partial charge in [-0.3, -0.25) is 9.59 Å². The molecule has 208 valence electrons. The van der Waals surface area contributed by atoms with Gasteiger partial charge in [0.2, 0.25) is 12.0 Å². The third-order valence-electron chi connectivity index (χ3n) is 8.46. The van der Waals surface area contributed by atoms with Crippen molar-refractivity contribution in [1.82, 2.24) is 5.32 Å². The number of amides is 1. The highest BCUT2D eigenvalue weighted by Gasteiger charge is 2.58. The van der Waals surface area contributed by atoms with Gasteiger partial charge in [0.05, 0.1) is 24.7 Å². The molecular weight excluding hydrogens is 502 g/mol. The molecule has 2 saturated carbocycles. The summed E-state index contributed by atoms with van der Waals surface area (Å²) in [6.07, 6.45) is -1.83. The Morgan fingerprint density at radius 3 is 2.53 bits per heavy atom. The van der Waals surface area contributed by atoms with Crippen molar-refractivity contribution in [2.75, 3.05) is 13.2 Å². The van der Waals surface area contributed by atoms with Crippen LogP contribution in [0, 0.1) is 17.3 Å². The van der Waals surface area contributed by atoms with E-state index < -0.39 is 73.2 Å². The predicted molar refractivity (Wildman–Crippen MR) is 128 cm³/mol. The molecule has 0 aromatic heterocycles. The second kappa shape index (κ2) is 10.9. The van der Waals surface area contributed by atoms with E-state index in [9.17, 15) is 34.5 Å². The van der Waals surface area contributed by atoms with Gasteiger partial charge < -0.3 is 40.3 Å². The van der Waals surface area contributed by atoms with Crippen LogP contribution in [0.4, 0.5) is 0 Å². The first-order valence-electron chi connectivity index (χ1n) is 12.6. The fourth-order valence-corrected chi connectivity index (χ4v) is 6.72. The molecule has 0 spiro atoms. The molecule has 1 aromatic rings. The molecule has 2 fully saturated rings. The van der Waals surface area contributed by atoms with Crippen molar-refractivity contribution in [1.29, 1.82) is 0 Å². The van der Waals surface area contributed by atoms with E-state index in [-0.39, 0.29) is 23.5 Å². The van der Waals surface area contributed by atoms with Gasteiger partial charge in [0.15, 0.2) is 0 Å². The molecule has 1 unspecified atom stereocenters. The van der Waals surface area contributed by atoms with Gasteiger partial charge in [-0.25, -0.2) is 9.59 Å². The Labute approximate surface area is 218 Å². The average molecular weight is 536 g/mol. The van der Waals surface area contributed by atoms with Crippen molar-refractivity contribution in [3.63, 3.8) is 0 Å². The number of carboxylic acid groups (broad SMARTS) is 2. The molecule has 6 N–H and O–H groups in total. The lowest BCUT2D eigenvalue weighted by Gasteiger charge is -2.51. The van der Waals surface area contributed by atoms with Crippen LogP contribution in [0.3, 0.4) is 0 Å². The van der Waals surface area contributed by atoms with Gasteiger partial charge in [0.1, 0.15) is 19.0 Å². The number of hydrogen-bond acceptors (Lipinski definition) is 9. The van der Waals surface area contributed by atoms with Gasteiger partial charge in [-0.1, -0.05) is 13.0 Å². The molecule has 0 aliphatic heterocycles. The molecule has 8 atom stereocenters. The SMILES string of the molecule is C[C@]12CC[C@@H]3c4ccc(O)cc4[C@@H](NC(=O)COCC(=O)OC(CC(=O)O)C(=O)O)C[C@H]3[C@@H]1C[C@@H](O)[C@@H]2O. The van der Waals surface area contributed by atoms with Crippen LogP contribution in [0.2, 0.25) is 0 Å². The molecule has 1 aromatic carbocycles. The number of benzene rings is 1. The maximum absolute atomic E-state index is 12.7. The van der Waals surface area contributed by atoms with Crippen LogP contribution < -0.4 is 5.32 Å².